The molecular weight excluding hydrogens is 292 g/mol. The second-order valence-corrected chi connectivity index (χ2v) is 6.31. The first-order valence-electron chi connectivity index (χ1n) is 6.96. The summed E-state index contributed by atoms with van der Waals surface area (Å²) in [5.41, 5.74) is 1.94. The molecule has 0 bridgehead atoms. The summed E-state index contributed by atoms with van der Waals surface area (Å²) in [6.07, 6.45) is 3.00. The van der Waals surface area contributed by atoms with Gasteiger partial charge in [0.1, 0.15) is 5.01 Å². The molecule has 0 aliphatic heterocycles. The third-order valence-corrected chi connectivity index (χ3v) is 5.13. The molecule has 2 rings (SSSR count). The molecule has 0 aromatic carbocycles. The molecule has 0 saturated carbocycles. The number of nitrogens with one attached hydrogen (secondary N) is 1. The first-order valence-corrected chi connectivity index (χ1v) is 8.16. The molecule has 0 amide bonds. The molecule has 0 aliphatic rings. The van der Waals surface area contributed by atoms with Gasteiger partial charge in [-0.25, -0.2) is 4.98 Å². The molecule has 2 aromatic rings. The van der Waals surface area contributed by atoms with Gasteiger partial charge < -0.3 is 5.32 Å². The number of aryl methyl sites for hydroxylation is 3. The number of hydrogen-bond acceptors (Lipinski definition) is 4. The molecule has 0 radical (unpaired) electrons. The van der Waals surface area contributed by atoms with Gasteiger partial charge in [0.15, 0.2) is 0 Å². The Morgan fingerprint density at radius 2 is 2.20 bits per heavy atom. The fourth-order valence-electron chi connectivity index (χ4n) is 2.06. The van der Waals surface area contributed by atoms with Crippen LogP contribution in [0.2, 0.25) is 5.02 Å². The van der Waals surface area contributed by atoms with Gasteiger partial charge in [0.25, 0.3) is 0 Å². The lowest BCUT2D eigenvalue weighted by Crippen LogP contribution is -2.20. The first-order chi connectivity index (χ1) is 9.56. The summed E-state index contributed by atoms with van der Waals surface area (Å²) in [4.78, 5) is 5.79. The van der Waals surface area contributed by atoms with Crippen LogP contribution in [0.3, 0.4) is 0 Å². The van der Waals surface area contributed by atoms with E-state index in [0.717, 1.165) is 34.4 Å². The standard InChI is InChI=1S/C14H21ClN4S/c1-5-11-7-17-14(20-11)10(4)16-8-12-13(15)9(3)18-19(12)6-2/h7,10,16H,5-6,8H2,1-4H3. The lowest BCUT2D eigenvalue weighted by atomic mass is 10.3. The van der Waals surface area contributed by atoms with Gasteiger partial charge in [-0.1, -0.05) is 18.5 Å². The molecule has 2 aromatic heterocycles. The van der Waals surface area contributed by atoms with Crippen LogP contribution in [0.4, 0.5) is 0 Å². The van der Waals surface area contributed by atoms with Crippen LogP contribution in [0.15, 0.2) is 6.20 Å². The summed E-state index contributed by atoms with van der Waals surface area (Å²) < 4.78 is 1.96. The Morgan fingerprint density at radius 1 is 1.45 bits per heavy atom. The Hall–Kier alpha value is -0.910. The molecule has 1 atom stereocenters. The van der Waals surface area contributed by atoms with E-state index in [0.29, 0.717) is 6.54 Å². The maximum absolute atomic E-state index is 6.31. The second-order valence-electron chi connectivity index (χ2n) is 4.78. The molecule has 20 heavy (non-hydrogen) atoms. The van der Waals surface area contributed by atoms with E-state index in [2.05, 4.69) is 36.2 Å². The van der Waals surface area contributed by atoms with E-state index in [4.69, 9.17) is 11.6 Å². The van der Waals surface area contributed by atoms with E-state index < -0.39 is 0 Å². The summed E-state index contributed by atoms with van der Waals surface area (Å²) in [7, 11) is 0. The van der Waals surface area contributed by atoms with Crippen molar-refractivity contribution in [1.82, 2.24) is 20.1 Å². The molecule has 0 fully saturated rings. The smallest absolute Gasteiger partial charge is 0.109 e. The lowest BCUT2D eigenvalue weighted by Gasteiger charge is -2.12. The van der Waals surface area contributed by atoms with Crippen molar-refractivity contribution in [2.75, 3.05) is 0 Å². The first kappa shape index (κ1) is 15.5. The van der Waals surface area contributed by atoms with Crippen molar-refractivity contribution in [3.63, 3.8) is 0 Å². The highest BCUT2D eigenvalue weighted by molar-refractivity contribution is 7.11. The number of halogens is 1. The maximum Gasteiger partial charge on any atom is 0.109 e. The van der Waals surface area contributed by atoms with Crippen molar-refractivity contribution < 1.29 is 0 Å². The molecule has 4 nitrogen and oxygen atoms in total. The van der Waals surface area contributed by atoms with Gasteiger partial charge in [0.2, 0.25) is 0 Å². The van der Waals surface area contributed by atoms with E-state index in [1.807, 2.05) is 17.8 Å². The number of rotatable bonds is 6. The molecule has 1 N–H and O–H groups in total. The van der Waals surface area contributed by atoms with E-state index in [1.165, 1.54) is 4.88 Å². The molecule has 0 saturated heterocycles. The second kappa shape index (κ2) is 6.70. The number of nitrogens with zero attached hydrogens (tertiary/aromatic N) is 3. The van der Waals surface area contributed by atoms with Gasteiger partial charge in [0.05, 0.1) is 22.5 Å². The van der Waals surface area contributed by atoms with Gasteiger partial charge in [0, 0.05) is 24.2 Å². The van der Waals surface area contributed by atoms with Crippen LogP contribution >= 0.6 is 22.9 Å². The van der Waals surface area contributed by atoms with Crippen molar-refractivity contribution in [2.45, 2.75) is 53.2 Å². The van der Waals surface area contributed by atoms with E-state index in [9.17, 15) is 0 Å². The Balaban J connectivity index is 2.04. The Bertz CT molecular complexity index is 576. The summed E-state index contributed by atoms with van der Waals surface area (Å²) in [6.45, 7) is 9.83. The van der Waals surface area contributed by atoms with Gasteiger partial charge in [-0.2, -0.15) is 5.10 Å². The number of thiazole rings is 1. The fourth-order valence-corrected chi connectivity index (χ4v) is 3.15. The van der Waals surface area contributed by atoms with Crippen LogP contribution in [0.25, 0.3) is 0 Å². The zero-order chi connectivity index (χ0) is 14.7. The maximum atomic E-state index is 6.31. The number of hydrogen-bond donors (Lipinski definition) is 1. The highest BCUT2D eigenvalue weighted by Crippen LogP contribution is 2.23. The van der Waals surface area contributed by atoms with Crippen molar-refractivity contribution in [3.05, 3.63) is 32.5 Å². The average Bonchev–Trinajstić information content (AvgIpc) is 3.03. The van der Waals surface area contributed by atoms with Crippen LogP contribution in [0, 0.1) is 6.92 Å². The largest absolute Gasteiger partial charge is 0.302 e. The van der Waals surface area contributed by atoms with Crippen LogP contribution in [0.5, 0.6) is 0 Å². The Morgan fingerprint density at radius 3 is 2.80 bits per heavy atom. The molecule has 1 unspecified atom stereocenters. The van der Waals surface area contributed by atoms with Crippen molar-refractivity contribution in [2.24, 2.45) is 0 Å². The summed E-state index contributed by atoms with van der Waals surface area (Å²) in [5.74, 6) is 0. The van der Waals surface area contributed by atoms with Gasteiger partial charge in [-0.15, -0.1) is 11.3 Å². The fraction of sp³-hybridized carbons (Fsp3) is 0.571. The van der Waals surface area contributed by atoms with Crippen molar-refractivity contribution in [3.8, 4) is 0 Å². The van der Waals surface area contributed by atoms with Crippen LogP contribution in [-0.4, -0.2) is 14.8 Å². The molecular formula is C14H21ClN4S. The molecule has 0 spiro atoms. The Kier molecular flexibility index (Phi) is 5.18. The van der Waals surface area contributed by atoms with Crippen LogP contribution in [-0.2, 0) is 19.5 Å². The summed E-state index contributed by atoms with van der Waals surface area (Å²) >= 11 is 8.08. The van der Waals surface area contributed by atoms with Gasteiger partial charge >= 0.3 is 0 Å². The molecule has 2 heterocycles. The highest BCUT2D eigenvalue weighted by atomic mass is 35.5. The Labute approximate surface area is 129 Å². The number of aromatic nitrogens is 3. The summed E-state index contributed by atoms with van der Waals surface area (Å²) in [6, 6.07) is 0.219. The topological polar surface area (TPSA) is 42.7 Å². The molecule has 110 valence electrons. The highest BCUT2D eigenvalue weighted by Gasteiger charge is 2.15. The summed E-state index contributed by atoms with van der Waals surface area (Å²) in [5, 5.41) is 9.80. The van der Waals surface area contributed by atoms with E-state index >= 15 is 0 Å². The van der Waals surface area contributed by atoms with Gasteiger partial charge in [-0.05, 0) is 27.2 Å². The van der Waals surface area contributed by atoms with Crippen LogP contribution < -0.4 is 5.32 Å². The van der Waals surface area contributed by atoms with E-state index in [-0.39, 0.29) is 6.04 Å². The predicted octanol–water partition coefficient (Wildman–Crippen LogP) is 3.73. The SMILES string of the molecule is CCc1cnc(C(C)NCc2c(Cl)c(C)nn2CC)s1. The lowest BCUT2D eigenvalue weighted by molar-refractivity contribution is 0.529. The minimum Gasteiger partial charge on any atom is -0.302 e. The zero-order valence-corrected chi connectivity index (χ0v) is 14.0. The van der Waals surface area contributed by atoms with Crippen molar-refractivity contribution in [1.29, 1.82) is 0 Å². The average molecular weight is 313 g/mol. The monoisotopic (exact) mass is 312 g/mol. The van der Waals surface area contributed by atoms with Crippen LogP contribution in [0.1, 0.15) is 48.1 Å². The normalized spacial score (nSPS) is 12.8. The van der Waals surface area contributed by atoms with Gasteiger partial charge in [-0.3, -0.25) is 4.68 Å². The molecule has 6 heteroatoms. The minimum absolute atomic E-state index is 0.219. The third-order valence-electron chi connectivity index (χ3n) is 3.32. The third kappa shape index (κ3) is 3.22. The van der Waals surface area contributed by atoms with E-state index in [1.54, 1.807) is 11.3 Å². The minimum atomic E-state index is 0.219. The zero-order valence-electron chi connectivity index (χ0n) is 12.4. The van der Waals surface area contributed by atoms with Crippen molar-refractivity contribution >= 4 is 22.9 Å². The quantitative estimate of drug-likeness (QED) is 0.883. The molecule has 0 aliphatic carbocycles. The predicted molar refractivity (Wildman–Crippen MR) is 84.4 cm³/mol.